The second-order valence-electron chi connectivity index (χ2n) is 4.37. The number of benzene rings is 1. The van der Waals surface area contributed by atoms with E-state index in [9.17, 15) is 4.79 Å². The second kappa shape index (κ2) is 5.89. The van der Waals surface area contributed by atoms with Gasteiger partial charge in [0.05, 0.1) is 5.56 Å². The van der Waals surface area contributed by atoms with E-state index in [1.54, 1.807) is 18.3 Å². The predicted molar refractivity (Wildman–Crippen MR) is 73.7 cm³/mol. The van der Waals surface area contributed by atoms with Crippen molar-refractivity contribution in [1.82, 2.24) is 9.55 Å². The van der Waals surface area contributed by atoms with Crippen LogP contribution in [0.1, 0.15) is 35.1 Å². The van der Waals surface area contributed by atoms with E-state index in [0.29, 0.717) is 11.4 Å². The van der Waals surface area contributed by atoms with Crippen LogP contribution in [0.4, 0.5) is 0 Å². The summed E-state index contributed by atoms with van der Waals surface area (Å²) in [5.41, 5.74) is 1.06. The fourth-order valence-electron chi connectivity index (χ4n) is 2.01. The fourth-order valence-corrected chi connectivity index (χ4v) is 2.27. The zero-order valence-electron chi connectivity index (χ0n) is 10.6. The minimum absolute atomic E-state index is 0.205. The number of nitrogens with zero attached hydrogens (tertiary/aromatic N) is 2. The molecule has 5 heteroatoms. The van der Waals surface area contributed by atoms with Gasteiger partial charge in [-0.05, 0) is 30.2 Å². The van der Waals surface area contributed by atoms with Crippen LogP contribution in [0.25, 0.3) is 0 Å². The highest BCUT2D eigenvalue weighted by Gasteiger charge is 2.09. The number of imidazole rings is 1. The number of carbonyl (C=O) groups is 1. The van der Waals surface area contributed by atoms with Crippen LogP contribution < -0.4 is 0 Å². The lowest BCUT2D eigenvalue weighted by molar-refractivity contribution is 0.0696. The van der Waals surface area contributed by atoms with Gasteiger partial charge in [-0.3, -0.25) is 0 Å². The van der Waals surface area contributed by atoms with Crippen molar-refractivity contribution in [2.45, 2.75) is 26.3 Å². The summed E-state index contributed by atoms with van der Waals surface area (Å²) >= 11 is 5.94. The molecule has 2 aromatic rings. The van der Waals surface area contributed by atoms with E-state index in [1.807, 2.05) is 6.20 Å². The molecule has 0 atom stereocenters. The monoisotopic (exact) mass is 278 g/mol. The lowest BCUT2D eigenvalue weighted by atomic mass is 10.1. The summed E-state index contributed by atoms with van der Waals surface area (Å²) in [7, 11) is 0. The molecule has 0 fully saturated rings. The predicted octanol–water partition coefficient (Wildman–Crippen LogP) is 3.24. The normalized spacial score (nSPS) is 10.6. The Hall–Kier alpha value is -1.81. The Morgan fingerprint density at radius 2 is 2.21 bits per heavy atom. The van der Waals surface area contributed by atoms with E-state index in [4.69, 9.17) is 16.7 Å². The number of carboxylic acids is 1. The Morgan fingerprint density at radius 3 is 2.89 bits per heavy atom. The van der Waals surface area contributed by atoms with Gasteiger partial charge in [-0.25, -0.2) is 9.78 Å². The summed E-state index contributed by atoms with van der Waals surface area (Å²) in [6.45, 7) is 3.01. The number of aryl methyl sites for hydroxylation is 1. The highest BCUT2D eigenvalue weighted by Crippen LogP contribution is 2.18. The van der Waals surface area contributed by atoms with Gasteiger partial charge in [0.1, 0.15) is 5.82 Å². The average molecular weight is 279 g/mol. The summed E-state index contributed by atoms with van der Waals surface area (Å²) in [6.07, 6.45) is 5.29. The molecule has 0 amide bonds. The number of rotatable bonds is 5. The topological polar surface area (TPSA) is 55.1 Å². The van der Waals surface area contributed by atoms with E-state index in [2.05, 4.69) is 16.5 Å². The first-order valence-electron chi connectivity index (χ1n) is 6.13. The highest BCUT2D eigenvalue weighted by atomic mass is 35.5. The molecule has 0 spiro atoms. The van der Waals surface area contributed by atoms with Gasteiger partial charge >= 0.3 is 5.97 Å². The smallest absolute Gasteiger partial charge is 0.335 e. The molecule has 1 aromatic heterocycles. The van der Waals surface area contributed by atoms with Crippen LogP contribution in [-0.2, 0) is 13.0 Å². The third kappa shape index (κ3) is 3.35. The van der Waals surface area contributed by atoms with Crippen molar-refractivity contribution >= 4 is 17.6 Å². The molecule has 0 bridgehead atoms. The van der Waals surface area contributed by atoms with E-state index in [1.165, 1.54) is 6.07 Å². The first-order valence-corrected chi connectivity index (χ1v) is 6.50. The molecule has 0 aliphatic rings. The molecule has 100 valence electrons. The Bertz CT molecular complexity index is 593. The van der Waals surface area contributed by atoms with Crippen molar-refractivity contribution < 1.29 is 9.90 Å². The Balaban J connectivity index is 2.27. The van der Waals surface area contributed by atoms with Crippen LogP contribution in [0, 0.1) is 0 Å². The largest absolute Gasteiger partial charge is 0.478 e. The van der Waals surface area contributed by atoms with Crippen molar-refractivity contribution in [3.8, 4) is 0 Å². The maximum absolute atomic E-state index is 11.0. The molecular formula is C14H15ClN2O2. The highest BCUT2D eigenvalue weighted by molar-refractivity contribution is 6.31. The molecule has 0 saturated heterocycles. The van der Waals surface area contributed by atoms with E-state index >= 15 is 0 Å². The van der Waals surface area contributed by atoms with Gasteiger partial charge in [-0.15, -0.1) is 0 Å². The molecule has 0 unspecified atom stereocenters. The maximum atomic E-state index is 11.0. The van der Waals surface area contributed by atoms with Crippen molar-refractivity contribution in [3.63, 3.8) is 0 Å². The molecule has 0 aliphatic heterocycles. The van der Waals surface area contributed by atoms with Crippen LogP contribution in [0.2, 0.25) is 5.02 Å². The number of carboxylic acid groups (broad SMARTS) is 1. The molecule has 2 rings (SSSR count). The van der Waals surface area contributed by atoms with Crippen LogP contribution in [0.15, 0.2) is 30.6 Å². The quantitative estimate of drug-likeness (QED) is 0.913. The molecule has 0 aliphatic carbocycles. The maximum Gasteiger partial charge on any atom is 0.335 e. The summed E-state index contributed by atoms with van der Waals surface area (Å²) < 4.78 is 2.07. The minimum Gasteiger partial charge on any atom is -0.478 e. The fraction of sp³-hybridized carbons (Fsp3) is 0.286. The van der Waals surface area contributed by atoms with Crippen molar-refractivity contribution in [3.05, 3.63) is 52.6 Å². The molecule has 4 nitrogen and oxygen atoms in total. The van der Waals surface area contributed by atoms with Crippen LogP contribution in [-0.4, -0.2) is 20.6 Å². The van der Waals surface area contributed by atoms with Gasteiger partial charge < -0.3 is 9.67 Å². The first-order chi connectivity index (χ1) is 9.10. The van der Waals surface area contributed by atoms with Crippen molar-refractivity contribution in [2.75, 3.05) is 0 Å². The molecule has 1 N–H and O–H groups in total. The Kier molecular flexibility index (Phi) is 4.22. The van der Waals surface area contributed by atoms with E-state index in [-0.39, 0.29) is 5.56 Å². The van der Waals surface area contributed by atoms with Crippen molar-refractivity contribution in [2.24, 2.45) is 0 Å². The third-order valence-corrected chi connectivity index (χ3v) is 3.05. The minimum atomic E-state index is -0.972. The third-order valence-electron chi connectivity index (χ3n) is 2.83. The molecule has 0 radical (unpaired) electrons. The van der Waals surface area contributed by atoms with Crippen LogP contribution in [0.3, 0.4) is 0 Å². The summed E-state index contributed by atoms with van der Waals surface area (Å²) in [5, 5.41) is 9.45. The summed E-state index contributed by atoms with van der Waals surface area (Å²) in [6, 6.07) is 4.87. The van der Waals surface area contributed by atoms with Crippen LogP contribution >= 0.6 is 11.6 Å². The number of aromatic carboxylic acids is 1. The number of aromatic nitrogens is 2. The second-order valence-corrected chi connectivity index (χ2v) is 4.80. The van der Waals surface area contributed by atoms with Gasteiger partial charge in [-0.1, -0.05) is 18.5 Å². The Morgan fingerprint density at radius 1 is 1.42 bits per heavy atom. The molecule has 1 aromatic carbocycles. The van der Waals surface area contributed by atoms with Gasteiger partial charge in [0.2, 0.25) is 0 Å². The molecule has 0 saturated carbocycles. The summed E-state index contributed by atoms with van der Waals surface area (Å²) in [5.74, 6) is -0.0545. The first kappa shape index (κ1) is 13.6. The SMILES string of the molecule is CCCn1ccnc1Cc1cc(Cl)cc(C(=O)O)c1. The van der Waals surface area contributed by atoms with Gasteiger partial charge in [0.15, 0.2) is 0 Å². The van der Waals surface area contributed by atoms with E-state index in [0.717, 1.165) is 24.4 Å². The number of hydrogen-bond donors (Lipinski definition) is 1. The lowest BCUT2D eigenvalue weighted by Crippen LogP contribution is -2.04. The zero-order chi connectivity index (χ0) is 13.8. The van der Waals surface area contributed by atoms with Gasteiger partial charge in [0, 0.05) is 30.4 Å². The summed E-state index contributed by atoms with van der Waals surface area (Å²) in [4.78, 5) is 15.3. The molecule has 19 heavy (non-hydrogen) atoms. The van der Waals surface area contributed by atoms with E-state index < -0.39 is 5.97 Å². The van der Waals surface area contributed by atoms with Gasteiger partial charge in [0.25, 0.3) is 0 Å². The lowest BCUT2D eigenvalue weighted by Gasteiger charge is -2.07. The van der Waals surface area contributed by atoms with Gasteiger partial charge in [-0.2, -0.15) is 0 Å². The number of halogens is 1. The number of hydrogen-bond acceptors (Lipinski definition) is 2. The molecule has 1 heterocycles. The standard InChI is InChI=1S/C14H15ClN2O2/c1-2-4-17-5-3-16-13(17)8-10-6-11(14(18)19)9-12(15)7-10/h3,5-7,9H,2,4,8H2,1H3,(H,18,19). The molecular weight excluding hydrogens is 264 g/mol. The Labute approximate surface area is 116 Å². The van der Waals surface area contributed by atoms with Crippen molar-refractivity contribution in [1.29, 1.82) is 0 Å². The average Bonchev–Trinajstić information content (AvgIpc) is 2.76. The zero-order valence-corrected chi connectivity index (χ0v) is 11.4. The van der Waals surface area contributed by atoms with Crippen LogP contribution in [0.5, 0.6) is 0 Å².